The van der Waals surface area contributed by atoms with Crippen LogP contribution >= 0.6 is 22.6 Å². The lowest BCUT2D eigenvalue weighted by molar-refractivity contribution is 0.0697. The first-order chi connectivity index (χ1) is 12.6. The van der Waals surface area contributed by atoms with Crippen molar-refractivity contribution in [2.24, 2.45) is 0 Å². The van der Waals surface area contributed by atoms with Gasteiger partial charge in [-0.1, -0.05) is 12.1 Å². The van der Waals surface area contributed by atoms with Gasteiger partial charge in [0.1, 0.15) is 5.82 Å². The third-order valence-electron chi connectivity index (χ3n) is 4.59. The molecule has 0 unspecified atom stereocenters. The number of benzene rings is 2. The molecule has 26 heavy (non-hydrogen) atoms. The van der Waals surface area contributed by atoms with Crippen molar-refractivity contribution < 1.29 is 9.90 Å². The lowest BCUT2D eigenvalue weighted by atomic mass is 10.0. The van der Waals surface area contributed by atoms with Crippen LogP contribution in [-0.4, -0.2) is 27.4 Å². The summed E-state index contributed by atoms with van der Waals surface area (Å²) in [6.45, 7) is 0.914. The van der Waals surface area contributed by atoms with Gasteiger partial charge >= 0.3 is 5.97 Å². The first kappa shape index (κ1) is 17.1. The predicted molar refractivity (Wildman–Crippen MR) is 110 cm³/mol. The lowest BCUT2D eigenvalue weighted by Gasteiger charge is -2.09. The number of hydrogen-bond acceptors (Lipinski definition) is 3. The number of carbonyl (C=O) groups is 1. The summed E-state index contributed by atoms with van der Waals surface area (Å²) in [5, 5.41) is 17.5. The molecule has 1 aliphatic heterocycles. The molecule has 132 valence electrons. The van der Waals surface area contributed by atoms with Crippen molar-refractivity contribution in [3.8, 4) is 16.9 Å². The van der Waals surface area contributed by atoms with Crippen molar-refractivity contribution >= 4 is 34.4 Å². The van der Waals surface area contributed by atoms with Crippen LogP contribution in [0.5, 0.6) is 0 Å². The minimum atomic E-state index is -0.923. The Morgan fingerprint density at radius 3 is 2.69 bits per heavy atom. The van der Waals surface area contributed by atoms with Gasteiger partial charge in [0.15, 0.2) is 0 Å². The average molecular weight is 459 g/mol. The van der Waals surface area contributed by atoms with Crippen molar-refractivity contribution in [3.63, 3.8) is 0 Å². The minimum Gasteiger partial charge on any atom is -0.478 e. The Kier molecular flexibility index (Phi) is 4.67. The van der Waals surface area contributed by atoms with Gasteiger partial charge in [-0.25, -0.2) is 9.48 Å². The highest BCUT2D eigenvalue weighted by Crippen LogP contribution is 2.34. The average Bonchev–Trinajstić information content (AvgIpc) is 2.83. The number of nitrogens with one attached hydrogen (secondary N) is 1. The minimum absolute atomic E-state index is 0.276. The zero-order valence-corrected chi connectivity index (χ0v) is 16.2. The third kappa shape index (κ3) is 3.21. The van der Waals surface area contributed by atoms with Crippen molar-refractivity contribution in [1.82, 2.24) is 9.78 Å². The molecule has 4 rings (SSSR count). The normalized spacial score (nSPS) is 13.6. The van der Waals surface area contributed by atoms with Gasteiger partial charge in [0.05, 0.1) is 16.9 Å². The summed E-state index contributed by atoms with van der Waals surface area (Å²) in [7, 11) is 0. The molecular weight excluding hydrogens is 441 g/mol. The van der Waals surface area contributed by atoms with E-state index in [2.05, 4.69) is 46.1 Å². The molecule has 2 aromatic carbocycles. The number of hydrogen-bond donors (Lipinski definition) is 2. The molecule has 1 aliphatic rings. The second-order valence-corrected chi connectivity index (χ2v) is 7.58. The number of fused-ring (bicyclic) bond motifs is 1. The maximum Gasteiger partial charge on any atom is 0.335 e. The third-order valence-corrected chi connectivity index (χ3v) is 5.26. The van der Waals surface area contributed by atoms with E-state index in [1.165, 1.54) is 9.13 Å². The molecule has 0 atom stereocenters. The number of halogens is 1. The van der Waals surface area contributed by atoms with Crippen molar-refractivity contribution in [1.29, 1.82) is 0 Å². The van der Waals surface area contributed by atoms with Gasteiger partial charge in [0.2, 0.25) is 0 Å². The fourth-order valence-corrected chi connectivity index (χ4v) is 3.85. The standard InChI is InChI=1S/C20H18IN3O2/c21-15-5-3-4-14(12-15)18-17-6-1-2-11-22-19(17)24(23-18)16-9-7-13(8-10-16)20(25)26/h3-5,7-10,12,22H,1-2,6,11H2,(H,25,26). The number of aromatic nitrogens is 2. The molecule has 0 fully saturated rings. The number of nitrogens with zero attached hydrogens (tertiary/aromatic N) is 2. The largest absolute Gasteiger partial charge is 0.478 e. The first-order valence-corrected chi connectivity index (χ1v) is 9.67. The highest BCUT2D eigenvalue weighted by Gasteiger charge is 2.21. The van der Waals surface area contributed by atoms with Crippen LogP contribution in [-0.2, 0) is 6.42 Å². The summed E-state index contributed by atoms with van der Waals surface area (Å²) in [6.07, 6.45) is 3.23. The summed E-state index contributed by atoms with van der Waals surface area (Å²) in [4.78, 5) is 11.1. The van der Waals surface area contributed by atoms with Crippen molar-refractivity contribution in [3.05, 3.63) is 63.2 Å². The SMILES string of the molecule is O=C(O)c1ccc(-n2nc(-c3cccc(I)c3)c3c2NCCCC3)cc1. The second kappa shape index (κ2) is 7.11. The maximum atomic E-state index is 11.1. The van der Waals surface area contributed by atoms with E-state index in [1.54, 1.807) is 12.1 Å². The molecule has 0 saturated carbocycles. The predicted octanol–water partition coefficient (Wildman–Crippen LogP) is 4.59. The van der Waals surface area contributed by atoms with Crippen LogP contribution in [0.3, 0.4) is 0 Å². The molecule has 0 saturated heterocycles. The van der Waals surface area contributed by atoms with Gasteiger partial charge in [-0.15, -0.1) is 0 Å². The second-order valence-electron chi connectivity index (χ2n) is 6.33. The Bertz CT molecular complexity index is 964. The van der Waals surface area contributed by atoms with Crippen LogP contribution in [0.15, 0.2) is 48.5 Å². The van der Waals surface area contributed by atoms with E-state index in [0.29, 0.717) is 0 Å². The van der Waals surface area contributed by atoms with E-state index in [4.69, 9.17) is 10.2 Å². The van der Waals surface area contributed by atoms with Crippen LogP contribution in [0.4, 0.5) is 5.82 Å². The topological polar surface area (TPSA) is 67.1 Å². The molecule has 2 N–H and O–H groups in total. The molecule has 0 amide bonds. The lowest BCUT2D eigenvalue weighted by Crippen LogP contribution is -2.07. The summed E-state index contributed by atoms with van der Waals surface area (Å²) in [5.41, 5.74) is 4.47. The molecule has 0 radical (unpaired) electrons. The van der Waals surface area contributed by atoms with E-state index in [0.717, 1.165) is 48.6 Å². The number of anilines is 1. The highest BCUT2D eigenvalue weighted by molar-refractivity contribution is 14.1. The van der Waals surface area contributed by atoms with E-state index in [-0.39, 0.29) is 5.56 Å². The Morgan fingerprint density at radius 2 is 1.96 bits per heavy atom. The van der Waals surface area contributed by atoms with Gasteiger partial charge in [0, 0.05) is 21.2 Å². The molecule has 3 aromatic rings. The summed E-state index contributed by atoms with van der Waals surface area (Å²) in [5.74, 6) is 0.0907. The van der Waals surface area contributed by atoms with Gasteiger partial charge < -0.3 is 10.4 Å². The molecular formula is C20H18IN3O2. The zero-order valence-electron chi connectivity index (χ0n) is 14.1. The van der Waals surface area contributed by atoms with Crippen LogP contribution in [0.2, 0.25) is 0 Å². The number of carboxylic acids is 1. The van der Waals surface area contributed by atoms with E-state index >= 15 is 0 Å². The number of aromatic carboxylic acids is 1. The summed E-state index contributed by atoms with van der Waals surface area (Å²) < 4.78 is 3.08. The fraction of sp³-hybridized carbons (Fsp3) is 0.200. The first-order valence-electron chi connectivity index (χ1n) is 8.59. The van der Waals surface area contributed by atoms with Crippen LogP contribution in [0.1, 0.15) is 28.8 Å². The Balaban J connectivity index is 1.86. The van der Waals surface area contributed by atoms with Crippen molar-refractivity contribution in [2.75, 3.05) is 11.9 Å². The van der Waals surface area contributed by atoms with E-state index in [9.17, 15) is 4.79 Å². The van der Waals surface area contributed by atoms with Crippen molar-refractivity contribution in [2.45, 2.75) is 19.3 Å². The maximum absolute atomic E-state index is 11.1. The van der Waals surface area contributed by atoms with Gasteiger partial charge in [-0.2, -0.15) is 5.10 Å². The van der Waals surface area contributed by atoms with Crippen LogP contribution in [0.25, 0.3) is 16.9 Å². The Labute approximate surface area is 165 Å². The van der Waals surface area contributed by atoms with E-state index in [1.807, 2.05) is 22.9 Å². The number of rotatable bonds is 3. The number of carboxylic acid groups (broad SMARTS) is 1. The van der Waals surface area contributed by atoms with E-state index < -0.39 is 5.97 Å². The summed E-state index contributed by atoms with van der Waals surface area (Å²) in [6, 6.07) is 15.2. The highest BCUT2D eigenvalue weighted by atomic mass is 127. The summed E-state index contributed by atoms with van der Waals surface area (Å²) >= 11 is 2.32. The van der Waals surface area contributed by atoms with Crippen LogP contribution < -0.4 is 5.32 Å². The molecule has 5 nitrogen and oxygen atoms in total. The van der Waals surface area contributed by atoms with Gasteiger partial charge in [0.25, 0.3) is 0 Å². The smallest absolute Gasteiger partial charge is 0.335 e. The van der Waals surface area contributed by atoms with Gasteiger partial charge in [-0.3, -0.25) is 0 Å². The fourth-order valence-electron chi connectivity index (χ4n) is 3.30. The van der Waals surface area contributed by atoms with Crippen LogP contribution in [0, 0.1) is 3.57 Å². The Hall–Kier alpha value is -2.35. The molecule has 2 heterocycles. The van der Waals surface area contributed by atoms with Gasteiger partial charge in [-0.05, 0) is 78.3 Å². The zero-order chi connectivity index (χ0) is 18.1. The molecule has 6 heteroatoms. The quantitative estimate of drug-likeness (QED) is 0.563. The monoisotopic (exact) mass is 459 g/mol. The molecule has 0 bridgehead atoms. The Morgan fingerprint density at radius 1 is 1.15 bits per heavy atom. The molecule has 1 aromatic heterocycles. The molecule has 0 spiro atoms. The molecule has 0 aliphatic carbocycles.